The minimum absolute atomic E-state index is 0.482. The van der Waals surface area contributed by atoms with Gasteiger partial charge in [0.25, 0.3) is 0 Å². The van der Waals surface area contributed by atoms with Gasteiger partial charge in [-0.25, -0.2) is 9.97 Å². The number of aryl methyl sites for hydroxylation is 1. The molecule has 0 fully saturated rings. The Bertz CT molecular complexity index is 334. The van der Waals surface area contributed by atoms with Crippen LogP contribution in [-0.4, -0.2) is 42.1 Å². The number of nitrogens with one attached hydrogen (secondary N) is 1. The highest BCUT2D eigenvalue weighted by Crippen LogP contribution is 2.16. The van der Waals surface area contributed by atoms with Gasteiger partial charge in [-0.2, -0.15) is 0 Å². The molecule has 0 saturated carbocycles. The van der Waals surface area contributed by atoms with E-state index in [9.17, 15) is 0 Å². The molecule has 0 bridgehead atoms. The van der Waals surface area contributed by atoms with Crippen LogP contribution in [0, 0.1) is 6.92 Å². The van der Waals surface area contributed by atoms with Crippen LogP contribution in [0.2, 0.25) is 0 Å². The van der Waals surface area contributed by atoms with Crippen molar-refractivity contribution in [2.45, 2.75) is 26.7 Å². The predicted molar refractivity (Wildman–Crippen MR) is 67.9 cm³/mol. The largest absolute Gasteiger partial charge is 0.353 e. The van der Waals surface area contributed by atoms with Crippen molar-refractivity contribution in [1.82, 2.24) is 14.9 Å². The van der Waals surface area contributed by atoms with Gasteiger partial charge in [0.2, 0.25) is 5.95 Å². The molecule has 4 nitrogen and oxygen atoms in total. The lowest BCUT2D eigenvalue weighted by Crippen LogP contribution is -2.21. The third-order valence-electron chi connectivity index (χ3n) is 2.48. The zero-order chi connectivity index (χ0) is 12.1. The molecule has 1 aromatic heterocycles. The first-order chi connectivity index (χ1) is 7.50. The molecule has 90 valence electrons. The van der Waals surface area contributed by atoms with Gasteiger partial charge >= 0.3 is 0 Å². The molecule has 0 aliphatic heterocycles. The van der Waals surface area contributed by atoms with Gasteiger partial charge in [-0.3, -0.25) is 0 Å². The third kappa shape index (κ3) is 3.77. The van der Waals surface area contributed by atoms with Crippen LogP contribution < -0.4 is 5.32 Å². The maximum atomic E-state index is 4.45. The minimum Gasteiger partial charge on any atom is -0.353 e. The average molecular weight is 222 g/mol. The summed E-state index contributed by atoms with van der Waals surface area (Å²) >= 11 is 0. The molecular formula is C12H22N4. The fourth-order valence-corrected chi connectivity index (χ4v) is 1.52. The van der Waals surface area contributed by atoms with Gasteiger partial charge in [0.1, 0.15) is 0 Å². The molecule has 0 aliphatic rings. The van der Waals surface area contributed by atoms with E-state index in [0.717, 1.165) is 24.7 Å². The minimum atomic E-state index is 0.482. The van der Waals surface area contributed by atoms with Crippen LogP contribution in [-0.2, 0) is 0 Å². The summed E-state index contributed by atoms with van der Waals surface area (Å²) < 4.78 is 0. The summed E-state index contributed by atoms with van der Waals surface area (Å²) in [5.74, 6) is 1.21. The standard InChI is InChI=1S/C12H22N4/c1-9(2)11-8-14-12(15-10(11)3)13-6-7-16(4)5/h8-9H,6-7H2,1-5H3,(H,13,14,15). The topological polar surface area (TPSA) is 41.1 Å². The van der Waals surface area contributed by atoms with Crippen molar-refractivity contribution in [1.29, 1.82) is 0 Å². The van der Waals surface area contributed by atoms with Gasteiger partial charge in [-0.1, -0.05) is 13.8 Å². The summed E-state index contributed by atoms with van der Waals surface area (Å²) in [5.41, 5.74) is 2.29. The molecule has 0 spiro atoms. The number of nitrogens with zero attached hydrogens (tertiary/aromatic N) is 3. The first-order valence-corrected chi connectivity index (χ1v) is 5.73. The summed E-state index contributed by atoms with van der Waals surface area (Å²) in [5, 5.41) is 3.22. The predicted octanol–water partition coefficient (Wildman–Crippen LogP) is 1.88. The van der Waals surface area contributed by atoms with Crippen molar-refractivity contribution in [3.8, 4) is 0 Å². The van der Waals surface area contributed by atoms with E-state index in [2.05, 4.69) is 48.1 Å². The van der Waals surface area contributed by atoms with E-state index in [4.69, 9.17) is 0 Å². The van der Waals surface area contributed by atoms with Crippen molar-refractivity contribution in [3.05, 3.63) is 17.5 Å². The Morgan fingerprint density at radius 2 is 2.06 bits per heavy atom. The molecular weight excluding hydrogens is 200 g/mol. The molecule has 0 aliphatic carbocycles. The Morgan fingerprint density at radius 1 is 1.38 bits per heavy atom. The number of aromatic nitrogens is 2. The average Bonchev–Trinajstić information content (AvgIpc) is 2.16. The second-order valence-electron chi connectivity index (χ2n) is 4.62. The maximum absolute atomic E-state index is 4.45. The third-order valence-corrected chi connectivity index (χ3v) is 2.48. The Balaban J connectivity index is 2.59. The maximum Gasteiger partial charge on any atom is 0.222 e. The fourth-order valence-electron chi connectivity index (χ4n) is 1.52. The van der Waals surface area contributed by atoms with Crippen LogP contribution in [0.25, 0.3) is 0 Å². The number of hydrogen-bond acceptors (Lipinski definition) is 4. The summed E-state index contributed by atoms with van der Waals surface area (Å²) in [6, 6.07) is 0. The first-order valence-electron chi connectivity index (χ1n) is 5.73. The lowest BCUT2D eigenvalue weighted by molar-refractivity contribution is 0.425. The molecule has 0 amide bonds. The smallest absolute Gasteiger partial charge is 0.222 e. The quantitative estimate of drug-likeness (QED) is 0.826. The number of hydrogen-bond donors (Lipinski definition) is 1. The lowest BCUT2D eigenvalue weighted by atomic mass is 10.0. The molecule has 0 atom stereocenters. The van der Waals surface area contributed by atoms with Crippen molar-refractivity contribution >= 4 is 5.95 Å². The van der Waals surface area contributed by atoms with E-state index in [1.807, 2.05) is 13.1 Å². The second kappa shape index (κ2) is 5.80. The van der Waals surface area contributed by atoms with Gasteiger partial charge in [0, 0.05) is 25.0 Å². The monoisotopic (exact) mass is 222 g/mol. The van der Waals surface area contributed by atoms with E-state index in [1.165, 1.54) is 5.56 Å². The zero-order valence-electron chi connectivity index (χ0n) is 10.9. The molecule has 0 saturated heterocycles. The van der Waals surface area contributed by atoms with E-state index in [1.54, 1.807) is 0 Å². The van der Waals surface area contributed by atoms with Crippen molar-refractivity contribution in [3.63, 3.8) is 0 Å². The molecule has 0 radical (unpaired) electrons. The highest BCUT2D eigenvalue weighted by atomic mass is 15.1. The highest BCUT2D eigenvalue weighted by molar-refractivity contribution is 5.30. The summed E-state index contributed by atoms with van der Waals surface area (Å²) in [6.07, 6.45) is 1.92. The van der Waals surface area contributed by atoms with Crippen LogP contribution in [0.1, 0.15) is 31.0 Å². The molecule has 1 aromatic rings. The van der Waals surface area contributed by atoms with Gasteiger partial charge in [0.15, 0.2) is 0 Å². The molecule has 16 heavy (non-hydrogen) atoms. The molecule has 1 heterocycles. The summed E-state index contributed by atoms with van der Waals surface area (Å²) in [6.45, 7) is 8.20. The molecule has 0 aromatic carbocycles. The Kier molecular flexibility index (Phi) is 4.68. The fraction of sp³-hybridized carbons (Fsp3) is 0.667. The van der Waals surface area contributed by atoms with Crippen molar-refractivity contribution in [2.75, 3.05) is 32.5 Å². The second-order valence-corrected chi connectivity index (χ2v) is 4.62. The Hall–Kier alpha value is -1.16. The first kappa shape index (κ1) is 12.9. The van der Waals surface area contributed by atoms with Crippen LogP contribution in [0.3, 0.4) is 0 Å². The number of likely N-dealkylation sites (N-methyl/N-ethyl adjacent to an activating group) is 1. The molecule has 4 heteroatoms. The lowest BCUT2D eigenvalue weighted by Gasteiger charge is -2.12. The highest BCUT2D eigenvalue weighted by Gasteiger charge is 2.06. The zero-order valence-corrected chi connectivity index (χ0v) is 10.9. The van der Waals surface area contributed by atoms with Crippen molar-refractivity contribution < 1.29 is 0 Å². The van der Waals surface area contributed by atoms with Crippen LogP contribution in [0.15, 0.2) is 6.20 Å². The van der Waals surface area contributed by atoms with Gasteiger partial charge < -0.3 is 10.2 Å². The van der Waals surface area contributed by atoms with Crippen molar-refractivity contribution in [2.24, 2.45) is 0 Å². The summed E-state index contributed by atoms with van der Waals surface area (Å²) in [4.78, 5) is 10.9. The normalized spacial score (nSPS) is 11.2. The van der Waals surface area contributed by atoms with E-state index in [-0.39, 0.29) is 0 Å². The van der Waals surface area contributed by atoms with E-state index >= 15 is 0 Å². The molecule has 1 N–H and O–H groups in total. The molecule has 1 rings (SSSR count). The Morgan fingerprint density at radius 3 is 2.56 bits per heavy atom. The van der Waals surface area contributed by atoms with Gasteiger partial charge in [0.05, 0.1) is 0 Å². The van der Waals surface area contributed by atoms with Gasteiger partial charge in [-0.05, 0) is 32.5 Å². The number of rotatable bonds is 5. The van der Waals surface area contributed by atoms with E-state index < -0.39 is 0 Å². The van der Waals surface area contributed by atoms with Crippen LogP contribution >= 0.6 is 0 Å². The molecule has 0 unspecified atom stereocenters. The van der Waals surface area contributed by atoms with E-state index in [0.29, 0.717) is 5.92 Å². The summed E-state index contributed by atoms with van der Waals surface area (Å²) in [7, 11) is 4.10. The Labute approximate surface area is 98.1 Å². The van der Waals surface area contributed by atoms with Gasteiger partial charge in [-0.15, -0.1) is 0 Å². The van der Waals surface area contributed by atoms with Crippen LogP contribution in [0.4, 0.5) is 5.95 Å². The SMILES string of the molecule is Cc1nc(NCCN(C)C)ncc1C(C)C. The number of anilines is 1. The van der Waals surface area contributed by atoms with Crippen LogP contribution in [0.5, 0.6) is 0 Å².